The van der Waals surface area contributed by atoms with Gasteiger partial charge >= 0.3 is 0 Å². The molecule has 0 aromatic heterocycles. The maximum absolute atomic E-state index is 11.9. The Kier molecular flexibility index (Phi) is 8.10. The molecule has 0 bridgehead atoms. The van der Waals surface area contributed by atoms with E-state index in [0.29, 0.717) is 32.4 Å². The number of carbonyl (C=O) groups is 2. The largest absolute Gasteiger partial charge is 0.503 e. The first-order valence-corrected chi connectivity index (χ1v) is 9.57. The van der Waals surface area contributed by atoms with Crippen molar-refractivity contribution in [2.45, 2.75) is 13.3 Å². The van der Waals surface area contributed by atoms with Gasteiger partial charge in [-0.25, -0.2) is 5.43 Å². The SMILES string of the molecule is CCOc1cc(/C=N/NC(=O)CC(=O)Nc2ccc(Cl)c(Cl)c2)cc(Br)c1O. The van der Waals surface area contributed by atoms with Gasteiger partial charge in [0, 0.05) is 5.69 Å². The Morgan fingerprint density at radius 3 is 2.64 bits per heavy atom. The Hall–Kier alpha value is -2.29. The standard InChI is InChI=1S/C18H16BrCl2N3O4/c1-2-28-15-6-10(5-12(19)18(15)27)9-22-24-17(26)8-16(25)23-11-3-4-13(20)14(21)7-11/h3-7,9,27H,2,8H2,1H3,(H,23,25)(H,24,26)/b22-9+. The van der Waals surface area contributed by atoms with Crippen molar-refractivity contribution in [2.24, 2.45) is 5.10 Å². The van der Waals surface area contributed by atoms with Gasteiger partial charge < -0.3 is 15.2 Å². The minimum absolute atomic E-state index is 0.0259. The van der Waals surface area contributed by atoms with Crippen LogP contribution in [0.4, 0.5) is 5.69 Å². The molecule has 2 amide bonds. The van der Waals surface area contributed by atoms with Crippen molar-refractivity contribution in [2.75, 3.05) is 11.9 Å². The van der Waals surface area contributed by atoms with Gasteiger partial charge in [-0.05, 0) is 58.7 Å². The van der Waals surface area contributed by atoms with E-state index in [1.54, 1.807) is 25.1 Å². The Balaban J connectivity index is 1.91. The summed E-state index contributed by atoms with van der Waals surface area (Å²) in [6.07, 6.45) is 0.933. The highest BCUT2D eigenvalue weighted by Gasteiger charge is 2.11. The minimum atomic E-state index is -0.600. The highest BCUT2D eigenvalue weighted by Crippen LogP contribution is 2.35. The van der Waals surface area contributed by atoms with Crippen molar-refractivity contribution >= 4 is 62.8 Å². The van der Waals surface area contributed by atoms with Gasteiger partial charge in [0.2, 0.25) is 11.8 Å². The smallest absolute Gasteiger partial charge is 0.249 e. The number of amides is 2. The maximum Gasteiger partial charge on any atom is 0.249 e. The van der Waals surface area contributed by atoms with Crippen LogP contribution in [-0.4, -0.2) is 29.7 Å². The van der Waals surface area contributed by atoms with E-state index in [1.165, 1.54) is 18.3 Å². The maximum atomic E-state index is 11.9. The number of rotatable bonds is 7. The van der Waals surface area contributed by atoms with Gasteiger partial charge in [-0.2, -0.15) is 5.10 Å². The average molecular weight is 489 g/mol. The Morgan fingerprint density at radius 1 is 1.21 bits per heavy atom. The number of halogens is 3. The first kappa shape index (κ1) is 22.0. The van der Waals surface area contributed by atoms with E-state index in [-0.39, 0.29) is 11.5 Å². The third-order valence-electron chi connectivity index (χ3n) is 3.28. The Morgan fingerprint density at radius 2 is 1.96 bits per heavy atom. The van der Waals surface area contributed by atoms with Crippen LogP contribution < -0.4 is 15.5 Å². The number of phenols is 1. The number of anilines is 1. The van der Waals surface area contributed by atoms with Crippen molar-refractivity contribution in [1.82, 2.24) is 5.43 Å². The summed E-state index contributed by atoms with van der Waals surface area (Å²) in [7, 11) is 0. The molecule has 0 unspecified atom stereocenters. The zero-order chi connectivity index (χ0) is 20.7. The Labute approximate surface area is 179 Å². The second-order valence-electron chi connectivity index (χ2n) is 5.43. The van der Waals surface area contributed by atoms with Crippen LogP contribution in [0.1, 0.15) is 18.9 Å². The fraction of sp³-hybridized carbons (Fsp3) is 0.167. The topological polar surface area (TPSA) is 100 Å². The number of benzene rings is 2. The lowest BCUT2D eigenvalue weighted by Crippen LogP contribution is -2.24. The lowest BCUT2D eigenvalue weighted by Gasteiger charge is -2.08. The summed E-state index contributed by atoms with van der Waals surface area (Å²) in [5.41, 5.74) is 3.26. The molecule has 28 heavy (non-hydrogen) atoms. The quantitative estimate of drug-likeness (QED) is 0.306. The lowest BCUT2D eigenvalue weighted by atomic mass is 10.2. The number of phenolic OH excluding ortho intramolecular Hbond substituents is 1. The number of nitrogens with zero attached hydrogens (tertiary/aromatic N) is 1. The van der Waals surface area contributed by atoms with Crippen LogP contribution in [-0.2, 0) is 9.59 Å². The first-order chi connectivity index (χ1) is 13.3. The summed E-state index contributed by atoms with van der Waals surface area (Å²) in [4.78, 5) is 23.7. The number of aromatic hydroxyl groups is 1. The molecule has 2 rings (SSSR count). The van der Waals surface area contributed by atoms with Crippen LogP contribution in [0, 0.1) is 0 Å². The van der Waals surface area contributed by atoms with Crippen LogP contribution in [0.5, 0.6) is 11.5 Å². The van der Waals surface area contributed by atoms with Crippen LogP contribution in [0.3, 0.4) is 0 Å². The van der Waals surface area contributed by atoms with Crippen molar-refractivity contribution in [3.8, 4) is 11.5 Å². The third-order valence-corrected chi connectivity index (χ3v) is 4.62. The molecule has 7 nitrogen and oxygen atoms in total. The van der Waals surface area contributed by atoms with Gasteiger partial charge in [0.1, 0.15) is 6.42 Å². The summed E-state index contributed by atoms with van der Waals surface area (Å²) in [6, 6.07) is 7.76. The molecule has 0 radical (unpaired) electrons. The molecule has 0 heterocycles. The van der Waals surface area contributed by atoms with Crippen molar-refractivity contribution in [3.63, 3.8) is 0 Å². The molecule has 0 fully saturated rings. The molecule has 2 aromatic rings. The van der Waals surface area contributed by atoms with Gasteiger partial charge in [-0.3, -0.25) is 9.59 Å². The van der Waals surface area contributed by atoms with E-state index in [0.717, 1.165) is 0 Å². The Bertz CT molecular complexity index is 922. The van der Waals surface area contributed by atoms with E-state index >= 15 is 0 Å². The monoisotopic (exact) mass is 487 g/mol. The van der Waals surface area contributed by atoms with Crippen LogP contribution in [0.15, 0.2) is 39.9 Å². The highest BCUT2D eigenvalue weighted by atomic mass is 79.9. The molecular formula is C18H16BrCl2N3O4. The van der Waals surface area contributed by atoms with E-state index < -0.39 is 18.2 Å². The fourth-order valence-corrected chi connectivity index (χ4v) is 2.83. The third kappa shape index (κ3) is 6.40. The predicted octanol–water partition coefficient (Wildman–Crippen LogP) is 4.34. The van der Waals surface area contributed by atoms with E-state index in [1.807, 2.05) is 0 Å². The molecule has 148 valence electrons. The summed E-state index contributed by atoms with van der Waals surface area (Å²) in [5, 5.41) is 16.9. The number of ether oxygens (including phenoxy) is 1. The van der Waals surface area contributed by atoms with Crippen LogP contribution in [0.2, 0.25) is 10.0 Å². The fourth-order valence-electron chi connectivity index (χ4n) is 2.08. The number of carbonyl (C=O) groups excluding carboxylic acids is 2. The van der Waals surface area contributed by atoms with Crippen molar-refractivity contribution in [3.05, 3.63) is 50.4 Å². The zero-order valence-electron chi connectivity index (χ0n) is 14.6. The highest BCUT2D eigenvalue weighted by molar-refractivity contribution is 9.10. The summed E-state index contributed by atoms with van der Waals surface area (Å²) >= 11 is 14.9. The second-order valence-corrected chi connectivity index (χ2v) is 7.10. The molecule has 0 saturated carbocycles. The average Bonchev–Trinajstić information content (AvgIpc) is 2.62. The zero-order valence-corrected chi connectivity index (χ0v) is 17.7. The number of hydrazone groups is 1. The molecule has 0 aliphatic rings. The molecule has 2 aromatic carbocycles. The minimum Gasteiger partial charge on any atom is -0.503 e. The van der Waals surface area contributed by atoms with Crippen molar-refractivity contribution in [1.29, 1.82) is 0 Å². The lowest BCUT2D eigenvalue weighted by molar-refractivity contribution is -0.126. The van der Waals surface area contributed by atoms with Gasteiger partial charge in [-0.15, -0.1) is 0 Å². The molecule has 0 aliphatic heterocycles. The van der Waals surface area contributed by atoms with Gasteiger partial charge in [0.15, 0.2) is 11.5 Å². The molecular weight excluding hydrogens is 473 g/mol. The molecule has 0 atom stereocenters. The normalized spacial score (nSPS) is 10.7. The van der Waals surface area contributed by atoms with Gasteiger partial charge in [-0.1, -0.05) is 23.2 Å². The number of hydrogen-bond donors (Lipinski definition) is 3. The number of nitrogens with one attached hydrogen (secondary N) is 2. The molecule has 0 spiro atoms. The van der Waals surface area contributed by atoms with E-state index in [9.17, 15) is 14.7 Å². The van der Waals surface area contributed by atoms with E-state index in [4.69, 9.17) is 27.9 Å². The van der Waals surface area contributed by atoms with Crippen LogP contribution in [0.25, 0.3) is 0 Å². The van der Waals surface area contributed by atoms with Crippen LogP contribution >= 0.6 is 39.1 Å². The number of hydrogen-bond acceptors (Lipinski definition) is 5. The van der Waals surface area contributed by atoms with Crippen molar-refractivity contribution < 1.29 is 19.4 Å². The summed E-state index contributed by atoms with van der Waals surface area (Å²) in [5.74, 6) is -0.874. The van der Waals surface area contributed by atoms with Gasteiger partial charge in [0.05, 0.1) is 27.3 Å². The molecule has 0 aliphatic carbocycles. The summed E-state index contributed by atoms with van der Waals surface area (Å²) < 4.78 is 5.73. The summed E-state index contributed by atoms with van der Waals surface area (Å²) in [6.45, 7) is 2.17. The van der Waals surface area contributed by atoms with E-state index in [2.05, 4.69) is 31.8 Å². The molecule has 10 heteroatoms. The molecule has 0 saturated heterocycles. The molecule has 3 N–H and O–H groups in total. The predicted molar refractivity (Wildman–Crippen MR) is 112 cm³/mol. The second kappa shape index (κ2) is 10.3. The van der Waals surface area contributed by atoms with Gasteiger partial charge in [0.25, 0.3) is 0 Å². The first-order valence-electron chi connectivity index (χ1n) is 8.02.